The van der Waals surface area contributed by atoms with E-state index in [0.717, 1.165) is 5.39 Å². The first-order chi connectivity index (χ1) is 12.8. The van der Waals surface area contributed by atoms with Crippen LogP contribution in [0.4, 0.5) is 0 Å². The van der Waals surface area contributed by atoms with Crippen LogP contribution in [0.2, 0.25) is 5.02 Å². The molecule has 140 valence electrons. The maximum atomic E-state index is 12.3. The molecule has 0 amide bonds. The van der Waals surface area contributed by atoms with Gasteiger partial charge in [0.05, 0.1) is 36.3 Å². The van der Waals surface area contributed by atoms with Gasteiger partial charge in [-0.15, -0.1) is 0 Å². The number of hydrogen-bond acceptors (Lipinski definition) is 6. The molecular weight excluding hydrogens is 384 g/mol. The Hall–Kier alpha value is -2.22. The lowest BCUT2D eigenvalue weighted by Crippen LogP contribution is -2.25. The van der Waals surface area contributed by atoms with Crippen molar-refractivity contribution in [3.05, 3.63) is 47.2 Å². The zero-order valence-corrected chi connectivity index (χ0v) is 17.0. The third-order valence-corrected chi connectivity index (χ3v) is 5.35. The Balaban J connectivity index is 2.19. The fraction of sp³-hybridized carbons (Fsp3) is 0.263. The first-order valence-electron chi connectivity index (χ1n) is 8.21. The van der Waals surface area contributed by atoms with E-state index in [0.29, 0.717) is 33.4 Å². The molecule has 0 fully saturated rings. The predicted octanol–water partition coefficient (Wildman–Crippen LogP) is 4.23. The van der Waals surface area contributed by atoms with Gasteiger partial charge in [-0.25, -0.2) is 9.97 Å². The van der Waals surface area contributed by atoms with Gasteiger partial charge in [-0.05, 0) is 32.9 Å². The number of fused-ring (bicyclic) bond motifs is 1. The van der Waals surface area contributed by atoms with Crippen LogP contribution in [-0.2, 0) is 11.4 Å². The molecule has 0 saturated heterocycles. The van der Waals surface area contributed by atoms with Crippen LogP contribution in [-0.4, -0.2) is 37.6 Å². The van der Waals surface area contributed by atoms with E-state index < -0.39 is 16.1 Å². The van der Waals surface area contributed by atoms with Gasteiger partial charge in [0, 0.05) is 10.9 Å². The van der Waals surface area contributed by atoms with Crippen LogP contribution in [0.15, 0.2) is 41.1 Å². The Morgan fingerprint density at radius 3 is 2.70 bits per heavy atom. The van der Waals surface area contributed by atoms with Gasteiger partial charge < -0.3 is 9.29 Å². The van der Waals surface area contributed by atoms with Crippen LogP contribution >= 0.6 is 11.6 Å². The summed E-state index contributed by atoms with van der Waals surface area (Å²) in [6.45, 7) is 5.61. The minimum absolute atomic E-state index is 0.370. The number of nitrogens with zero attached hydrogens (tertiary/aromatic N) is 4. The molecule has 0 aliphatic rings. The number of halogens is 1. The van der Waals surface area contributed by atoms with Gasteiger partial charge in [-0.1, -0.05) is 28.1 Å². The summed E-state index contributed by atoms with van der Waals surface area (Å²) in [6.07, 6.45) is 4.66. The number of para-hydroxylation sites is 1. The first-order valence-corrected chi connectivity index (χ1v) is 9.70. The number of aromatic nitrogens is 3. The summed E-state index contributed by atoms with van der Waals surface area (Å²) in [7, 11) is 1.52. The van der Waals surface area contributed by atoms with E-state index >= 15 is 0 Å². The van der Waals surface area contributed by atoms with Crippen molar-refractivity contribution in [1.82, 2.24) is 15.0 Å². The van der Waals surface area contributed by atoms with Crippen molar-refractivity contribution < 1.29 is 9.29 Å². The van der Waals surface area contributed by atoms with Gasteiger partial charge in [0.1, 0.15) is 27.5 Å². The fourth-order valence-corrected chi connectivity index (χ4v) is 3.06. The molecule has 0 bridgehead atoms. The van der Waals surface area contributed by atoms with Crippen LogP contribution in [0.5, 0.6) is 5.88 Å². The average molecular weight is 403 g/mol. The lowest BCUT2D eigenvalue weighted by atomic mass is 10.1. The normalized spacial score (nSPS) is 13.3. The summed E-state index contributed by atoms with van der Waals surface area (Å²) in [6, 6.07) is 7.44. The third-order valence-electron chi connectivity index (χ3n) is 3.70. The van der Waals surface area contributed by atoms with Crippen LogP contribution < -0.4 is 4.74 Å². The Labute approximate surface area is 166 Å². The zero-order valence-electron chi connectivity index (χ0n) is 15.4. The van der Waals surface area contributed by atoms with Crippen molar-refractivity contribution in [2.24, 2.45) is 4.40 Å². The average Bonchev–Trinajstić information content (AvgIpc) is 2.65. The highest BCUT2D eigenvalue weighted by Gasteiger charge is 2.26. The largest absolute Gasteiger partial charge is 0.591 e. The molecule has 1 aromatic carbocycles. The van der Waals surface area contributed by atoms with Crippen LogP contribution in [0, 0.1) is 0 Å². The molecule has 2 heterocycles. The molecule has 0 aliphatic heterocycles. The van der Waals surface area contributed by atoms with Crippen molar-refractivity contribution in [2.45, 2.75) is 25.5 Å². The number of benzene rings is 1. The van der Waals surface area contributed by atoms with Crippen LogP contribution in [0.3, 0.4) is 0 Å². The number of pyridine rings is 1. The van der Waals surface area contributed by atoms with E-state index in [1.165, 1.54) is 13.3 Å². The van der Waals surface area contributed by atoms with Gasteiger partial charge in [0.25, 0.3) is 0 Å². The first kappa shape index (κ1) is 19.5. The molecular formula is C19H19ClN4O2S. The standard InChI is InChI=1S/C19H19ClN4O2S/c1-19(2,3)27(25)22-9-13-8-12-6-5-7-14(20)17(12)24-18(13)15-10-21-11-16(23-15)26-4/h5-11H,1-4H3. The van der Waals surface area contributed by atoms with Crippen molar-refractivity contribution >= 4 is 40.1 Å². The molecule has 0 N–H and O–H groups in total. The van der Waals surface area contributed by atoms with Crippen molar-refractivity contribution in [2.75, 3.05) is 7.11 Å². The van der Waals surface area contributed by atoms with E-state index in [1.54, 1.807) is 18.5 Å². The summed E-state index contributed by atoms with van der Waals surface area (Å²) in [5.41, 5.74) is 2.37. The van der Waals surface area contributed by atoms with Crippen LogP contribution in [0.25, 0.3) is 22.3 Å². The number of rotatable bonds is 4. The Bertz CT molecular complexity index is 1000. The quantitative estimate of drug-likeness (QED) is 0.481. The second-order valence-corrected chi connectivity index (χ2v) is 9.12. The summed E-state index contributed by atoms with van der Waals surface area (Å²) >= 11 is 4.92. The smallest absolute Gasteiger partial charge is 0.232 e. The number of methoxy groups -OCH3 is 1. The molecule has 1 unspecified atom stereocenters. The van der Waals surface area contributed by atoms with E-state index in [-0.39, 0.29) is 0 Å². The molecule has 3 aromatic rings. The van der Waals surface area contributed by atoms with Gasteiger partial charge >= 0.3 is 0 Å². The lowest BCUT2D eigenvalue weighted by molar-refractivity contribution is 0.396. The second-order valence-electron chi connectivity index (χ2n) is 6.78. The number of ether oxygens (including phenoxy) is 1. The summed E-state index contributed by atoms with van der Waals surface area (Å²) in [5, 5.41) is 1.39. The summed E-state index contributed by atoms with van der Waals surface area (Å²) in [5.74, 6) is 0.370. The Morgan fingerprint density at radius 2 is 2.00 bits per heavy atom. The predicted molar refractivity (Wildman–Crippen MR) is 110 cm³/mol. The minimum atomic E-state index is -1.39. The molecule has 8 heteroatoms. The van der Waals surface area contributed by atoms with Crippen molar-refractivity contribution in [1.29, 1.82) is 0 Å². The van der Waals surface area contributed by atoms with Gasteiger partial charge in [-0.2, -0.15) is 0 Å². The fourth-order valence-electron chi connectivity index (χ4n) is 2.31. The van der Waals surface area contributed by atoms with E-state index in [2.05, 4.69) is 19.3 Å². The molecule has 0 radical (unpaired) electrons. The maximum Gasteiger partial charge on any atom is 0.232 e. The molecule has 1 atom stereocenters. The molecule has 0 aliphatic carbocycles. The summed E-state index contributed by atoms with van der Waals surface area (Å²) < 4.78 is 21.2. The van der Waals surface area contributed by atoms with Crippen LogP contribution in [0.1, 0.15) is 26.3 Å². The monoisotopic (exact) mass is 402 g/mol. The third kappa shape index (κ3) is 4.37. The van der Waals surface area contributed by atoms with E-state index in [1.807, 2.05) is 39.0 Å². The second kappa shape index (κ2) is 7.80. The van der Waals surface area contributed by atoms with Gasteiger partial charge in [0.15, 0.2) is 0 Å². The highest BCUT2D eigenvalue weighted by atomic mass is 35.5. The number of hydrogen-bond donors (Lipinski definition) is 0. The Kier molecular flexibility index (Phi) is 5.64. The van der Waals surface area contributed by atoms with E-state index in [4.69, 9.17) is 16.3 Å². The van der Waals surface area contributed by atoms with Gasteiger partial charge in [0.2, 0.25) is 5.88 Å². The molecule has 27 heavy (non-hydrogen) atoms. The molecule has 0 spiro atoms. The van der Waals surface area contributed by atoms with Gasteiger partial charge in [-0.3, -0.25) is 4.98 Å². The van der Waals surface area contributed by atoms with E-state index in [9.17, 15) is 4.55 Å². The van der Waals surface area contributed by atoms with Crippen molar-refractivity contribution in [3.8, 4) is 17.3 Å². The minimum Gasteiger partial charge on any atom is -0.591 e. The highest BCUT2D eigenvalue weighted by Crippen LogP contribution is 2.28. The highest BCUT2D eigenvalue weighted by molar-refractivity contribution is 7.91. The maximum absolute atomic E-state index is 12.3. The molecule has 0 saturated carbocycles. The Morgan fingerprint density at radius 1 is 1.22 bits per heavy atom. The SMILES string of the molecule is COc1cncc(-c2nc3c(Cl)cccc3cc2C=N[S+]([O-])C(C)(C)C)n1. The molecule has 6 nitrogen and oxygen atoms in total. The summed E-state index contributed by atoms with van der Waals surface area (Å²) in [4.78, 5) is 13.2. The lowest BCUT2D eigenvalue weighted by Gasteiger charge is -2.18. The molecule has 3 rings (SSSR count). The zero-order chi connectivity index (χ0) is 19.6. The topological polar surface area (TPSA) is 83.3 Å². The van der Waals surface area contributed by atoms with Crippen molar-refractivity contribution in [3.63, 3.8) is 0 Å². The molecule has 2 aromatic heterocycles.